The molecule has 1 aromatic carbocycles. The van der Waals surface area contributed by atoms with Gasteiger partial charge in [-0.1, -0.05) is 30.7 Å². The Bertz CT molecular complexity index is 912. The number of aromatic hydroxyl groups is 1. The number of nitrogens with one attached hydrogen (secondary N) is 2. The molecule has 9 nitrogen and oxygen atoms in total. The van der Waals surface area contributed by atoms with E-state index < -0.39 is 23.8 Å². The Morgan fingerprint density at radius 1 is 1.06 bits per heavy atom. The van der Waals surface area contributed by atoms with E-state index in [1.807, 2.05) is 19.9 Å². The fourth-order valence-corrected chi connectivity index (χ4v) is 3.70. The van der Waals surface area contributed by atoms with Crippen molar-refractivity contribution < 1.29 is 29.0 Å². The second-order valence-electron chi connectivity index (χ2n) is 8.92. The highest BCUT2D eigenvalue weighted by atomic mass is 16.5. The highest BCUT2D eigenvalue weighted by Crippen LogP contribution is 2.21. The van der Waals surface area contributed by atoms with Crippen molar-refractivity contribution in [2.45, 2.75) is 58.6 Å². The standard InChI is InChI=1S/C25H35N3O6/c1-16-6-5-7-18(3)34-24(32)13-21(19-8-10-20(29)11-9-19)27-22(30)15-28(4)23(31)14-26-25(33)17(2)12-16/h6,8-11,17-18,21,29H,5,7,12-15H2,1-4H3,(H,26,33)(H,27,30). The van der Waals surface area contributed by atoms with Gasteiger partial charge in [0.05, 0.1) is 31.7 Å². The maximum Gasteiger partial charge on any atom is 0.308 e. The zero-order valence-electron chi connectivity index (χ0n) is 20.3. The Morgan fingerprint density at radius 2 is 1.74 bits per heavy atom. The zero-order chi connectivity index (χ0) is 25.3. The van der Waals surface area contributed by atoms with Crippen molar-refractivity contribution in [1.29, 1.82) is 0 Å². The molecule has 0 fully saturated rings. The van der Waals surface area contributed by atoms with Crippen molar-refractivity contribution in [3.05, 3.63) is 41.5 Å². The smallest absolute Gasteiger partial charge is 0.308 e. The molecule has 186 valence electrons. The molecule has 0 radical (unpaired) electrons. The molecule has 1 aromatic rings. The first-order valence-electron chi connectivity index (χ1n) is 11.5. The number of phenolic OH excluding ortho intramolecular Hbond substituents is 1. The van der Waals surface area contributed by atoms with Gasteiger partial charge in [-0.05, 0) is 50.8 Å². The molecule has 34 heavy (non-hydrogen) atoms. The van der Waals surface area contributed by atoms with Gasteiger partial charge < -0.3 is 25.4 Å². The Hall–Kier alpha value is -3.36. The lowest BCUT2D eigenvalue weighted by Crippen LogP contribution is -2.44. The number of ether oxygens (including phenoxy) is 1. The largest absolute Gasteiger partial charge is 0.508 e. The number of allylic oxidation sites excluding steroid dienone is 2. The quantitative estimate of drug-likeness (QED) is 0.424. The zero-order valence-corrected chi connectivity index (χ0v) is 20.3. The third-order valence-corrected chi connectivity index (χ3v) is 5.70. The van der Waals surface area contributed by atoms with Gasteiger partial charge in [-0.3, -0.25) is 19.2 Å². The van der Waals surface area contributed by atoms with Gasteiger partial charge in [-0.25, -0.2) is 0 Å². The normalized spacial score (nSPS) is 24.6. The summed E-state index contributed by atoms with van der Waals surface area (Å²) in [6.07, 6.45) is 3.48. The topological polar surface area (TPSA) is 125 Å². The monoisotopic (exact) mass is 473 g/mol. The summed E-state index contributed by atoms with van der Waals surface area (Å²) in [5.41, 5.74) is 1.67. The van der Waals surface area contributed by atoms with Gasteiger partial charge in [-0.15, -0.1) is 0 Å². The second kappa shape index (κ2) is 12.8. The molecule has 3 amide bonds. The van der Waals surface area contributed by atoms with E-state index in [1.165, 1.54) is 24.1 Å². The van der Waals surface area contributed by atoms with Crippen LogP contribution in [0.15, 0.2) is 35.9 Å². The number of hydrogen-bond acceptors (Lipinski definition) is 6. The van der Waals surface area contributed by atoms with Crippen LogP contribution < -0.4 is 10.6 Å². The number of likely N-dealkylation sites (N-methyl/N-ethyl adjacent to an activating group) is 1. The van der Waals surface area contributed by atoms with Crippen LogP contribution in [0.25, 0.3) is 0 Å². The number of esters is 1. The molecular formula is C25H35N3O6. The molecular weight excluding hydrogens is 438 g/mol. The molecule has 1 aliphatic heterocycles. The molecule has 0 aliphatic carbocycles. The molecule has 0 saturated heterocycles. The number of benzene rings is 1. The lowest BCUT2D eigenvalue weighted by atomic mass is 10.00. The van der Waals surface area contributed by atoms with Gasteiger partial charge in [0.1, 0.15) is 5.75 Å². The summed E-state index contributed by atoms with van der Waals surface area (Å²) < 4.78 is 5.54. The summed E-state index contributed by atoms with van der Waals surface area (Å²) in [6, 6.07) is 5.48. The average molecular weight is 474 g/mol. The number of amides is 3. The summed E-state index contributed by atoms with van der Waals surface area (Å²) >= 11 is 0. The first-order chi connectivity index (χ1) is 16.0. The summed E-state index contributed by atoms with van der Waals surface area (Å²) in [5, 5.41) is 15.0. The van der Waals surface area contributed by atoms with E-state index in [2.05, 4.69) is 10.6 Å². The summed E-state index contributed by atoms with van der Waals surface area (Å²) in [6.45, 7) is 5.10. The molecule has 3 atom stereocenters. The number of cyclic esters (lactones) is 1. The third-order valence-electron chi connectivity index (χ3n) is 5.70. The highest BCUT2D eigenvalue weighted by Gasteiger charge is 2.23. The Morgan fingerprint density at radius 3 is 2.41 bits per heavy atom. The minimum atomic E-state index is -0.693. The summed E-state index contributed by atoms with van der Waals surface area (Å²) in [5.74, 6) is -1.81. The molecule has 1 aliphatic rings. The van der Waals surface area contributed by atoms with Crippen LogP contribution in [0.1, 0.15) is 58.1 Å². The van der Waals surface area contributed by atoms with E-state index >= 15 is 0 Å². The van der Waals surface area contributed by atoms with Gasteiger partial charge in [0.15, 0.2) is 0 Å². The van der Waals surface area contributed by atoms with Crippen molar-refractivity contribution in [2.24, 2.45) is 5.92 Å². The van der Waals surface area contributed by atoms with Gasteiger partial charge in [0.2, 0.25) is 17.7 Å². The average Bonchev–Trinajstić information content (AvgIpc) is 2.76. The van der Waals surface area contributed by atoms with Crippen molar-refractivity contribution in [1.82, 2.24) is 15.5 Å². The minimum Gasteiger partial charge on any atom is -0.508 e. The van der Waals surface area contributed by atoms with E-state index in [1.54, 1.807) is 19.1 Å². The van der Waals surface area contributed by atoms with E-state index in [-0.39, 0.29) is 43.2 Å². The summed E-state index contributed by atoms with van der Waals surface area (Å²) in [4.78, 5) is 51.2. The molecule has 3 N–H and O–H groups in total. The predicted octanol–water partition coefficient (Wildman–Crippen LogP) is 2.21. The van der Waals surface area contributed by atoms with Gasteiger partial charge in [0, 0.05) is 13.0 Å². The van der Waals surface area contributed by atoms with E-state index in [9.17, 15) is 24.3 Å². The van der Waals surface area contributed by atoms with E-state index in [0.717, 1.165) is 5.57 Å². The highest BCUT2D eigenvalue weighted by molar-refractivity contribution is 5.89. The summed E-state index contributed by atoms with van der Waals surface area (Å²) in [7, 11) is 1.47. The van der Waals surface area contributed by atoms with E-state index in [4.69, 9.17) is 4.74 Å². The van der Waals surface area contributed by atoms with E-state index in [0.29, 0.717) is 24.8 Å². The Kier molecular flexibility index (Phi) is 10.1. The molecule has 0 bridgehead atoms. The number of hydrogen-bond donors (Lipinski definition) is 3. The van der Waals surface area contributed by atoms with Crippen molar-refractivity contribution >= 4 is 23.7 Å². The number of rotatable bonds is 1. The Labute approximate surface area is 200 Å². The first-order valence-corrected chi connectivity index (χ1v) is 11.5. The number of nitrogens with zero attached hydrogens (tertiary/aromatic N) is 1. The molecule has 9 heteroatoms. The van der Waals surface area contributed by atoms with Crippen LogP contribution in [0.3, 0.4) is 0 Å². The number of carbonyl (C=O) groups excluding carboxylic acids is 4. The van der Waals surface area contributed by atoms with Crippen LogP contribution in [-0.2, 0) is 23.9 Å². The molecule has 0 spiro atoms. The van der Waals surface area contributed by atoms with Crippen LogP contribution in [0.4, 0.5) is 0 Å². The lowest BCUT2D eigenvalue weighted by molar-refractivity contribution is -0.149. The van der Waals surface area contributed by atoms with Crippen LogP contribution in [-0.4, -0.2) is 59.9 Å². The van der Waals surface area contributed by atoms with Crippen molar-refractivity contribution in [3.63, 3.8) is 0 Å². The van der Waals surface area contributed by atoms with Gasteiger partial charge >= 0.3 is 5.97 Å². The predicted molar refractivity (Wildman–Crippen MR) is 127 cm³/mol. The fraction of sp³-hybridized carbons (Fsp3) is 0.520. The molecule has 2 rings (SSSR count). The third kappa shape index (κ3) is 8.88. The molecule has 3 unspecified atom stereocenters. The lowest BCUT2D eigenvalue weighted by Gasteiger charge is -2.22. The van der Waals surface area contributed by atoms with Crippen molar-refractivity contribution in [3.8, 4) is 5.75 Å². The maximum absolute atomic E-state index is 12.7. The van der Waals surface area contributed by atoms with Crippen LogP contribution >= 0.6 is 0 Å². The Balaban J connectivity index is 2.21. The van der Waals surface area contributed by atoms with Gasteiger partial charge in [0.25, 0.3) is 0 Å². The number of carbonyl (C=O) groups is 4. The van der Waals surface area contributed by atoms with Gasteiger partial charge in [-0.2, -0.15) is 0 Å². The SMILES string of the molecule is CC1=CCCC(C)OC(=O)CC(c2ccc(O)cc2)NC(=O)CN(C)C(=O)CNC(=O)C(C)C1. The fourth-order valence-electron chi connectivity index (χ4n) is 3.70. The minimum absolute atomic E-state index is 0.0624. The molecule has 0 saturated carbocycles. The number of phenols is 1. The van der Waals surface area contributed by atoms with Crippen LogP contribution in [0, 0.1) is 5.92 Å². The molecule has 0 aromatic heterocycles. The van der Waals surface area contributed by atoms with Crippen molar-refractivity contribution in [2.75, 3.05) is 20.1 Å². The van der Waals surface area contributed by atoms with Crippen LogP contribution in [0.2, 0.25) is 0 Å². The first kappa shape index (κ1) is 26.9. The maximum atomic E-state index is 12.7. The van der Waals surface area contributed by atoms with Crippen LogP contribution in [0.5, 0.6) is 5.75 Å². The molecule has 1 heterocycles. The second-order valence-corrected chi connectivity index (χ2v) is 8.92.